The molecule has 2 amide bonds. The Bertz CT molecular complexity index is 728. The van der Waals surface area contributed by atoms with Crippen LogP contribution in [0, 0.1) is 0 Å². The number of halogens is 1. The first-order valence-electron chi connectivity index (χ1n) is 7.94. The SMILES string of the molecule is O=CN1CCN(C(=O)c2cnc(NCc3ccc(Cl)cc3)nc2)CC1. The minimum Gasteiger partial charge on any atom is -0.350 e. The van der Waals surface area contributed by atoms with Gasteiger partial charge in [0.2, 0.25) is 12.4 Å². The number of piperazine rings is 1. The maximum atomic E-state index is 12.4. The van der Waals surface area contributed by atoms with E-state index in [1.165, 1.54) is 12.4 Å². The molecule has 8 heteroatoms. The normalized spacial score (nSPS) is 14.3. The number of nitrogens with one attached hydrogen (secondary N) is 1. The fraction of sp³-hybridized carbons (Fsp3) is 0.294. The molecule has 2 heterocycles. The summed E-state index contributed by atoms with van der Waals surface area (Å²) in [6.45, 7) is 2.72. The summed E-state index contributed by atoms with van der Waals surface area (Å²) >= 11 is 5.86. The van der Waals surface area contributed by atoms with Crippen LogP contribution in [0.1, 0.15) is 15.9 Å². The molecule has 7 nitrogen and oxygen atoms in total. The summed E-state index contributed by atoms with van der Waals surface area (Å²) in [5, 5.41) is 3.80. The fourth-order valence-corrected chi connectivity index (χ4v) is 2.65. The molecule has 1 aromatic heterocycles. The quantitative estimate of drug-likeness (QED) is 0.821. The highest BCUT2D eigenvalue weighted by molar-refractivity contribution is 6.30. The average Bonchev–Trinajstić information content (AvgIpc) is 2.67. The predicted molar refractivity (Wildman–Crippen MR) is 94.4 cm³/mol. The van der Waals surface area contributed by atoms with Gasteiger partial charge in [-0.1, -0.05) is 23.7 Å². The molecule has 0 aliphatic carbocycles. The summed E-state index contributed by atoms with van der Waals surface area (Å²) in [6.07, 6.45) is 3.85. The van der Waals surface area contributed by atoms with Crippen LogP contribution in [0.2, 0.25) is 5.02 Å². The van der Waals surface area contributed by atoms with Crippen LogP contribution < -0.4 is 5.32 Å². The molecule has 1 aliphatic heterocycles. The van der Waals surface area contributed by atoms with Crippen LogP contribution in [0.25, 0.3) is 0 Å². The van der Waals surface area contributed by atoms with Crippen molar-refractivity contribution in [1.82, 2.24) is 19.8 Å². The summed E-state index contributed by atoms with van der Waals surface area (Å²) in [6, 6.07) is 7.50. The van der Waals surface area contributed by atoms with Gasteiger partial charge in [-0.2, -0.15) is 0 Å². The van der Waals surface area contributed by atoms with Gasteiger partial charge < -0.3 is 15.1 Å². The van der Waals surface area contributed by atoms with E-state index in [9.17, 15) is 9.59 Å². The summed E-state index contributed by atoms with van der Waals surface area (Å²) in [5.74, 6) is 0.340. The number of carbonyl (C=O) groups is 2. The van der Waals surface area contributed by atoms with Crippen LogP contribution in [-0.4, -0.2) is 58.3 Å². The lowest BCUT2D eigenvalue weighted by molar-refractivity contribution is -0.119. The van der Waals surface area contributed by atoms with Gasteiger partial charge in [-0.15, -0.1) is 0 Å². The van der Waals surface area contributed by atoms with E-state index in [0.29, 0.717) is 49.3 Å². The van der Waals surface area contributed by atoms with Crippen LogP contribution in [0.15, 0.2) is 36.7 Å². The van der Waals surface area contributed by atoms with E-state index < -0.39 is 0 Å². The number of hydrogen-bond acceptors (Lipinski definition) is 5. The standard InChI is InChI=1S/C17H18ClN5O2/c18-15-3-1-13(2-4-15)9-19-17-20-10-14(11-21-17)16(25)23-7-5-22(12-24)6-8-23/h1-4,10-12H,5-9H2,(H,19,20,21). The van der Waals surface area contributed by atoms with Gasteiger partial charge in [0.25, 0.3) is 5.91 Å². The maximum absolute atomic E-state index is 12.4. The summed E-state index contributed by atoms with van der Waals surface area (Å²) in [4.78, 5) is 34.9. The molecule has 0 radical (unpaired) electrons. The zero-order chi connectivity index (χ0) is 17.6. The second-order valence-electron chi connectivity index (χ2n) is 5.71. The Morgan fingerprint density at radius 1 is 1.12 bits per heavy atom. The number of benzene rings is 1. The monoisotopic (exact) mass is 359 g/mol. The number of carbonyl (C=O) groups excluding carboxylic acids is 2. The molecule has 0 saturated carbocycles. The van der Waals surface area contributed by atoms with E-state index in [4.69, 9.17) is 11.6 Å². The first kappa shape index (κ1) is 17.2. The van der Waals surface area contributed by atoms with Gasteiger partial charge in [0.1, 0.15) is 0 Å². The largest absolute Gasteiger partial charge is 0.350 e. The molecule has 1 aliphatic rings. The first-order valence-corrected chi connectivity index (χ1v) is 8.32. The van der Waals surface area contributed by atoms with E-state index >= 15 is 0 Å². The summed E-state index contributed by atoms with van der Waals surface area (Å²) < 4.78 is 0. The van der Waals surface area contributed by atoms with Crippen molar-refractivity contribution in [2.24, 2.45) is 0 Å². The highest BCUT2D eigenvalue weighted by Gasteiger charge is 2.21. The smallest absolute Gasteiger partial charge is 0.257 e. The molecule has 0 unspecified atom stereocenters. The molecule has 2 aromatic rings. The van der Waals surface area contributed by atoms with Crippen LogP contribution in [-0.2, 0) is 11.3 Å². The van der Waals surface area contributed by atoms with Crippen molar-refractivity contribution in [3.63, 3.8) is 0 Å². The molecule has 1 fully saturated rings. The third-order valence-corrected chi connectivity index (χ3v) is 4.27. The number of rotatable bonds is 5. The van der Waals surface area contributed by atoms with E-state index in [0.717, 1.165) is 12.0 Å². The molecule has 0 spiro atoms. The Morgan fingerprint density at radius 2 is 1.76 bits per heavy atom. The number of nitrogens with zero attached hydrogens (tertiary/aromatic N) is 4. The van der Waals surface area contributed by atoms with Crippen molar-refractivity contribution < 1.29 is 9.59 Å². The van der Waals surface area contributed by atoms with Crippen molar-refractivity contribution in [2.45, 2.75) is 6.54 Å². The Labute approximate surface area is 150 Å². The molecule has 1 saturated heterocycles. The van der Waals surface area contributed by atoms with Crippen LogP contribution >= 0.6 is 11.6 Å². The maximum Gasteiger partial charge on any atom is 0.257 e. The summed E-state index contributed by atoms with van der Waals surface area (Å²) in [7, 11) is 0. The highest BCUT2D eigenvalue weighted by atomic mass is 35.5. The van der Waals surface area contributed by atoms with E-state index in [2.05, 4.69) is 15.3 Å². The molecule has 3 rings (SSSR count). The highest BCUT2D eigenvalue weighted by Crippen LogP contribution is 2.11. The zero-order valence-corrected chi connectivity index (χ0v) is 14.3. The third kappa shape index (κ3) is 4.45. The van der Waals surface area contributed by atoms with Gasteiger partial charge in [-0.3, -0.25) is 9.59 Å². The molecule has 25 heavy (non-hydrogen) atoms. The Hall–Kier alpha value is -2.67. The van der Waals surface area contributed by atoms with Crippen molar-refractivity contribution in [2.75, 3.05) is 31.5 Å². The van der Waals surface area contributed by atoms with Gasteiger partial charge in [0, 0.05) is 50.1 Å². The van der Waals surface area contributed by atoms with Crippen molar-refractivity contribution >= 4 is 29.9 Å². The molecular weight excluding hydrogens is 342 g/mol. The number of aromatic nitrogens is 2. The zero-order valence-electron chi connectivity index (χ0n) is 13.6. The lowest BCUT2D eigenvalue weighted by atomic mass is 10.2. The Morgan fingerprint density at radius 3 is 2.36 bits per heavy atom. The fourth-order valence-electron chi connectivity index (χ4n) is 2.53. The van der Waals surface area contributed by atoms with E-state index in [-0.39, 0.29) is 5.91 Å². The number of amides is 2. The van der Waals surface area contributed by atoms with Gasteiger partial charge in [0.05, 0.1) is 5.56 Å². The minimum atomic E-state index is -0.116. The van der Waals surface area contributed by atoms with Crippen LogP contribution in [0.5, 0.6) is 0 Å². The van der Waals surface area contributed by atoms with Crippen molar-refractivity contribution in [3.05, 3.63) is 52.8 Å². The molecular formula is C17H18ClN5O2. The molecule has 130 valence electrons. The van der Waals surface area contributed by atoms with Gasteiger partial charge in [-0.05, 0) is 17.7 Å². The topological polar surface area (TPSA) is 78.4 Å². The third-order valence-electron chi connectivity index (χ3n) is 4.01. The number of anilines is 1. The average molecular weight is 360 g/mol. The molecule has 0 bridgehead atoms. The second kappa shape index (κ2) is 7.94. The lowest BCUT2D eigenvalue weighted by Crippen LogP contribution is -2.48. The predicted octanol–water partition coefficient (Wildman–Crippen LogP) is 1.66. The lowest BCUT2D eigenvalue weighted by Gasteiger charge is -2.32. The molecule has 0 atom stereocenters. The van der Waals surface area contributed by atoms with Gasteiger partial charge >= 0.3 is 0 Å². The Kier molecular flexibility index (Phi) is 5.45. The van der Waals surface area contributed by atoms with Crippen LogP contribution in [0.4, 0.5) is 5.95 Å². The van der Waals surface area contributed by atoms with Crippen molar-refractivity contribution in [3.8, 4) is 0 Å². The van der Waals surface area contributed by atoms with Gasteiger partial charge in [-0.25, -0.2) is 9.97 Å². The minimum absolute atomic E-state index is 0.116. The van der Waals surface area contributed by atoms with E-state index in [1.54, 1.807) is 9.80 Å². The van der Waals surface area contributed by atoms with Crippen molar-refractivity contribution in [1.29, 1.82) is 0 Å². The molecule has 1 aromatic carbocycles. The van der Waals surface area contributed by atoms with Gasteiger partial charge in [0.15, 0.2) is 0 Å². The summed E-state index contributed by atoms with van der Waals surface area (Å²) in [5.41, 5.74) is 1.50. The van der Waals surface area contributed by atoms with E-state index in [1.807, 2.05) is 24.3 Å². The first-order chi connectivity index (χ1) is 12.2. The molecule has 1 N–H and O–H groups in total. The Balaban J connectivity index is 1.55. The number of hydrogen-bond donors (Lipinski definition) is 1. The van der Waals surface area contributed by atoms with Crippen LogP contribution in [0.3, 0.4) is 0 Å². The second-order valence-corrected chi connectivity index (χ2v) is 6.15.